The van der Waals surface area contributed by atoms with E-state index in [-0.39, 0.29) is 21.5 Å². The number of carboxylic acids is 1. The van der Waals surface area contributed by atoms with Crippen molar-refractivity contribution in [3.05, 3.63) is 58.6 Å². The fraction of sp³-hybridized carbons (Fsp3) is 0.188. The lowest BCUT2D eigenvalue weighted by Crippen LogP contribution is -2.35. The number of aromatic carboxylic acids is 1. The summed E-state index contributed by atoms with van der Waals surface area (Å²) in [5, 5.41) is 9.14. The minimum absolute atomic E-state index is 0.00585. The summed E-state index contributed by atoms with van der Waals surface area (Å²) in [5.74, 6) is -1.26. The van der Waals surface area contributed by atoms with Gasteiger partial charge in [0.15, 0.2) is 0 Å². The van der Waals surface area contributed by atoms with Crippen LogP contribution in [0.15, 0.2) is 47.4 Å². The van der Waals surface area contributed by atoms with Crippen molar-refractivity contribution in [2.45, 2.75) is 24.3 Å². The third-order valence-electron chi connectivity index (χ3n) is 3.87. The maximum atomic E-state index is 13.0. The van der Waals surface area contributed by atoms with Gasteiger partial charge in [-0.25, -0.2) is 13.2 Å². The van der Waals surface area contributed by atoms with Gasteiger partial charge in [-0.3, -0.25) is 4.31 Å². The van der Waals surface area contributed by atoms with Crippen LogP contribution in [0.4, 0.5) is 5.69 Å². The van der Waals surface area contributed by atoms with E-state index in [1.807, 2.05) is 19.1 Å². The van der Waals surface area contributed by atoms with Gasteiger partial charge in [-0.2, -0.15) is 0 Å². The second-order valence-electron chi connectivity index (χ2n) is 5.43. The molecule has 0 saturated heterocycles. The van der Waals surface area contributed by atoms with Gasteiger partial charge in [0.25, 0.3) is 10.0 Å². The van der Waals surface area contributed by atoms with Crippen molar-refractivity contribution < 1.29 is 18.3 Å². The number of rotatable bonds is 3. The lowest BCUT2D eigenvalue weighted by molar-refractivity contribution is 0.0697. The number of halogens is 1. The summed E-state index contributed by atoms with van der Waals surface area (Å²) in [7, 11) is -3.86. The Kier molecular flexibility index (Phi) is 3.82. The van der Waals surface area contributed by atoms with Gasteiger partial charge in [0.05, 0.1) is 21.2 Å². The Balaban J connectivity index is 2.13. The lowest BCUT2D eigenvalue weighted by Gasteiger charge is -2.24. The Bertz CT molecular complexity index is 895. The second-order valence-corrected chi connectivity index (χ2v) is 7.65. The number of hydrogen-bond acceptors (Lipinski definition) is 3. The number of carboxylic acid groups (broad SMARTS) is 1. The van der Waals surface area contributed by atoms with Crippen molar-refractivity contribution in [1.82, 2.24) is 0 Å². The Morgan fingerprint density at radius 2 is 1.96 bits per heavy atom. The summed E-state index contributed by atoms with van der Waals surface area (Å²) in [6.45, 7) is 1.82. The van der Waals surface area contributed by atoms with Gasteiger partial charge >= 0.3 is 5.97 Å². The average Bonchev–Trinajstić information content (AvgIpc) is 2.83. The summed E-state index contributed by atoms with van der Waals surface area (Å²) in [6.07, 6.45) is 0.620. The first kappa shape index (κ1) is 15.8. The zero-order valence-electron chi connectivity index (χ0n) is 12.2. The number of para-hydroxylation sites is 1. The molecule has 2 aromatic carbocycles. The van der Waals surface area contributed by atoms with Gasteiger partial charge in [0.1, 0.15) is 0 Å². The van der Waals surface area contributed by atoms with E-state index in [0.717, 1.165) is 11.6 Å². The molecule has 1 aliphatic heterocycles. The summed E-state index contributed by atoms with van der Waals surface area (Å²) in [4.78, 5) is 11.1. The first-order valence-corrected chi connectivity index (χ1v) is 8.79. The Hall–Kier alpha value is -2.05. The van der Waals surface area contributed by atoms with Crippen LogP contribution >= 0.6 is 11.6 Å². The minimum Gasteiger partial charge on any atom is -0.478 e. The van der Waals surface area contributed by atoms with Crippen molar-refractivity contribution in [1.29, 1.82) is 0 Å². The summed E-state index contributed by atoms with van der Waals surface area (Å²) in [6, 6.07) is 10.8. The van der Waals surface area contributed by atoms with Crippen LogP contribution in [-0.4, -0.2) is 25.5 Å². The monoisotopic (exact) mass is 351 g/mol. The zero-order valence-corrected chi connectivity index (χ0v) is 13.8. The highest BCUT2D eigenvalue weighted by atomic mass is 35.5. The fourth-order valence-electron chi connectivity index (χ4n) is 2.85. The van der Waals surface area contributed by atoms with Crippen LogP contribution in [0.3, 0.4) is 0 Å². The molecule has 0 spiro atoms. The quantitative estimate of drug-likeness (QED) is 0.921. The number of benzene rings is 2. The van der Waals surface area contributed by atoms with Crippen LogP contribution in [0.5, 0.6) is 0 Å². The Labute approximate surface area is 139 Å². The second kappa shape index (κ2) is 5.54. The number of anilines is 1. The van der Waals surface area contributed by atoms with Crippen LogP contribution in [0, 0.1) is 0 Å². The number of hydrogen-bond donors (Lipinski definition) is 1. The molecule has 1 aliphatic rings. The highest BCUT2D eigenvalue weighted by molar-refractivity contribution is 7.92. The van der Waals surface area contributed by atoms with Gasteiger partial charge in [0, 0.05) is 6.04 Å². The minimum atomic E-state index is -3.86. The maximum absolute atomic E-state index is 13.0. The van der Waals surface area contributed by atoms with E-state index in [1.54, 1.807) is 12.1 Å². The van der Waals surface area contributed by atoms with E-state index in [0.29, 0.717) is 12.1 Å². The first-order valence-electron chi connectivity index (χ1n) is 6.97. The van der Waals surface area contributed by atoms with Gasteiger partial charge < -0.3 is 5.11 Å². The normalized spacial score (nSPS) is 17.1. The molecule has 0 amide bonds. The summed E-state index contributed by atoms with van der Waals surface area (Å²) in [5.41, 5.74) is 1.36. The van der Waals surface area contributed by atoms with Crippen LogP contribution in [0.1, 0.15) is 22.8 Å². The molecule has 7 heteroatoms. The number of sulfonamides is 1. The number of fused-ring (bicyclic) bond motifs is 1. The molecule has 0 bridgehead atoms. The molecular weight excluding hydrogens is 338 g/mol. The largest absolute Gasteiger partial charge is 0.478 e. The van der Waals surface area contributed by atoms with E-state index >= 15 is 0 Å². The predicted octanol–water partition coefficient (Wildman–Crippen LogP) is 3.18. The average molecular weight is 352 g/mol. The molecule has 2 aromatic rings. The summed E-state index contributed by atoms with van der Waals surface area (Å²) >= 11 is 5.82. The third kappa shape index (κ3) is 2.58. The van der Waals surface area contributed by atoms with E-state index in [1.165, 1.54) is 16.4 Å². The highest BCUT2D eigenvalue weighted by Gasteiger charge is 2.36. The smallest absolute Gasteiger partial charge is 0.337 e. The highest BCUT2D eigenvalue weighted by Crippen LogP contribution is 2.37. The van der Waals surface area contributed by atoms with Crippen molar-refractivity contribution in [3.63, 3.8) is 0 Å². The predicted molar refractivity (Wildman–Crippen MR) is 87.7 cm³/mol. The molecule has 0 radical (unpaired) electrons. The molecule has 3 rings (SSSR count). The fourth-order valence-corrected chi connectivity index (χ4v) is 4.76. The van der Waals surface area contributed by atoms with Gasteiger partial charge in [-0.05, 0) is 43.2 Å². The Morgan fingerprint density at radius 1 is 1.26 bits per heavy atom. The molecule has 1 N–H and O–H groups in total. The van der Waals surface area contributed by atoms with Gasteiger partial charge in [0.2, 0.25) is 0 Å². The zero-order chi connectivity index (χ0) is 16.8. The van der Waals surface area contributed by atoms with E-state index < -0.39 is 16.0 Å². The van der Waals surface area contributed by atoms with Crippen LogP contribution in [0.2, 0.25) is 5.02 Å². The molecule has 0 aromatic heterocycles. The van der Waals surface area contributed by atoms with Crippen molar-refractivity contribution in [2.24, 2.45) is 0 Å². The SMILES string of the molecule is C[C@@H]1Cc2ccccc2N1S(=O)(=O)c1ccc(Cl)c(C(=O)O)c1. The number of nitrogens with zero attached hydrogens (tertiary/aromatic N) is 1. The molecule has 0 unspecified atom stereocenters. The van der Waals surface area contributed by atoms with E-state index in [4.69, 9.17) is 16.7 Å². The van der Waals surface area contributed by atoms with Crippen LogP contribution in [0.25, 0.3) is 0 Å². The molecule has 0 saturated carbocycles. The van der Waals surface area contributed by atoms with E-state index in [9.17, 15) is 13.2 Å². The topological polar surface area (TPSA) is 74.7 Å². The lowest BCUT2D eigenvalue weighted by atomic mass is 10.1. The van der Waals surface area contributed by atoms with Crippen molar-refractivity contribution in [2.75, 3.05) is 4.31 Å². The standard InChI is InChI=1S/C16H14ClNO4S/c1-10-8-11-4-2-3-5-15(11)18(10)23(21,22)12-6-7-14(17)13(9-12)16(19)20/h2-7,9-10H,8H2,1H3,(H,19,20)/t10-/m1/s1. The Morgan fingerprint density at radius 3 is 2.65 bits per heavy atom. The molecule has 120 valence electrons. The first-order chi connectivity index (χ1) is 10.8. The van der Waals surface area contributed by atoms with Crippen LogP contribution < -0.4 is 4.31 Å². The van der Waals surface area contributed by atoms with Crippen LogP contribution in [-0.2, 0) is 16.4 Å². The third-order valence-corrected chi connectivity index (χ3v) is 6.12. The molecule has 23 heavy (non-hydrogen) atoms. The maximum Gasteiger partial charge on any atom is 0.337 e. The molecule has 1 heterocycles. The van der Waals surface area contributed by atoms with Gasteiger partial charge in [-0.15, -0.1) is 0 Å². The van der Waals surface area contributed by atoms with Gasteiger partial charge in [-0.1, -0.05) is 29.8 Å². The van der Waals surface area contributed by atoms with E-state index in [2.05, 4.69) is 0 Å². The van der Waals surface area contributed by atoms with Crippen molar-refractivity contribution >= 4 is 33.3 Å². The number of carbonyl (C=O) groups is 1. The molecule has 0 aliphatic carbocycles. The van der Waals surface area contributed by atoms with Crippen molar-refractivity contribution in [3.8, 4) is 0 Å². The summed E-state index contributed by atoms with van der Waals surface area (Å²) < 4.78 is 27.3. The molecule has 5 nitrogen and oxygen atoms in total. The molecule has 1 atom stereocenters. The molecular formula is C16H14ClNO4S. The molecule has 0 fully saturated rings.